The van der Waals surface area contributed by atoms with Crippen molar-refractivity contribution in [3.05, 3.63) is 32.6 Å². The second kappa shape index (κ2) is 5.39. The minimum absolute atomic E-state index is 0.00967. The first-order chi connectivity index (χ1) is 10.4. The highest BCUT2D eigenvalue weighted by Gasteiger charge is 2.55. The first kappa shape index (κ1) is 15.0. The smallest absolute Gasteiger partial charge is 0.328 e. The first-order valence-corrected chi connectivity index (χ1v) is 7.77. The molecule has 0 aromatic carbocycles. The first-order valence-electron chi connectivity index (χ1n) is 7.77. The third-order valence-electron chi connectivity index (χ3n) is 5.04. The number of hydrogen-bond acceptors (Lipinski definition) is 4. The number of rotatable bonds is 4. The highest BCUT2D eigenvalue weighted by atomic mass is 16.2. The minimum atomic E-state index is -0.436. The van der Waals surface area contributed by atoms with E-state index in [2.05, 4.69) is 15.6 Å². The van der Waals surface area contributed by atoms with Gasteiger partial charge in [-0.25, -0.2) is 4.79 Å². The van der Waals surface area contributed by atoms with Gasteiger partial charge in [0.25, 0.3) is 5.56 Å². The van der Waals surface area contributed by atoms with Crippen molar-refractivity contribution in [1.29, 1.82) is 0 Å². The van der Waals surface area contributed by atoms with E-state index in [0.29, 0.717) is 18.0 Å². The Bertz CT molecular complexity index is 705. The number of aromatic nitrogens is 2. The number of H-pyrrole nitrogens is 1. The zero-order valence-corrected chi connectivity index (χ0v) is 12.9. The third-order valence-corrected chi connectivity index (χ3v) is 5.04. The van der Waals surface area contributed by atoms with E-state index in [-0.39, 0.29) is 23.9 Å². The van der Waals surface area contributed by atoms with Crippen LogP contribution in [-0.2, 0) is 11.3 Å². The van der Waals surface area contributed by atoms with E-state index in [4.69, 9.17) is 0 Å². The number of carbonyl (C=O) groups excluding carboxylic acids is 1. The molecule has 1 aliphatic carbocycles. The van der Waals surface area contributed by atoms with Crippen LogP contribution in [0.5, 0.6) is 0 Å². The number of nitrogens with one attached hydrogen (secondary N) is 3. The highest BCUT2D eigenvalue weighted by molar-refractivity contribution is 5.84. The average molecular weight is 306 g/mol. The molecule has 1 aromatic heterocycles. The Balaban J connectivity index is 1.74. The molecule has 3 rings (SSSR count). The van der Waals surface area contributed by atoms with Gasteiger partial charge in [0.05, 0.1) is 11.0 Å². The van der Waals surface area contributed by atoms with Gasteiger partial charge in [-0.05, 0) is 39.2 Å². The van der Waals surface area contributed by atoms with Crippen molar-refractivity contribution in [1.82, 2.24) is 20.2 Å². The summed E-state index contributed by atoms with van der Waals surface area (Å²) in [6, 6.07) is -0.0487. The predicted molar refractivity (Wildman–Crippen MR) is 81.6 cm³/mol. The van der Waals surface area contributed by atoms with Crippen molar-refractivity contribution in [2.75, 3.05) is 13.1 Å². The van der Waals surface area contributed by atoms with Crippen molar-refractivity contribution in [3.63, 3.8) is 0 Å². The number of nitrogens with zero attached hydrogens (tertiary/aromatic N) is 1. The lowest BCUT2D eigenvalue weighted by Gasteiger charge is -2.42. The summed E-state index contributed by atoms with van der Waals surface area (Å²) in [6.45, 7) is 5.49. The number of amides is 1. The largest absolute Gasteiger partial charge is 0.351 e. The van der Waals surface area contributed by atoms with Crippen molar-refractivity contribution < 1.29 is 4.79 Å². The fraction of sp³-hybridized carbons (Fsp3) is 0.667. The van der Waals surface area contributed by atoms with Crippen molar-refractivity contribution >= 4 is 5.91 Å². The molecule has 2 fully saturated rings. The second-order valence-electron chi connectivity index (χ2n) is 6.62. The van der Waals surface area contributed by atoms with E-state index >= 15 is 0 Å². The molecule has 0 unspecified atom stereocenters. The maximum absolute atomic E-state index is 12.5. The zero-order valence-electron chi connectivity index (χ0n) is 12.9. The number of hydrogen-bond donors (Lipinski definition) is 3. The van der Waals surface area contributed by atoms with Gasteiger partial charge in [0, 0.05) is 25.3 Å². The molecule has 1 aromatic rings. The molecule has 3 N–H and O–H groups in total. The molecule has 1 amide bonds. The van der Waals surface area contributed by atoms with Crippen LogP contribution in [0.4, 0.5) is 0 Å². The molecule has 7 heteroatoms. The molecule has 0 bridgehead atoms. The number of fused-ring (bicyclic) bond motifs is 1. The Morgan fingerprint density at radius 1 is 1.50 bits per heavy atom. The predicted octanol–water partition coefficient (Wildman–Crippen LogP) is -0.267. The Labute approximate surface area is 128 Å². The molecule has 120 valence electrons. The maximum Gasteiger partial charge on any atom is 0.328 e. The molecule has 0 spiro atoms. The summed E-state index contributed by atoms with van der Waals surface area (Å²) in [4.78, 5) is 38.3. The Kier molecular flexibility index (Phi) is 3.68. The topological polar surface area (TPSA) is 96.0 Å². The third kappa shape index (κ3) is 2.29. The lowest BCUT2D eigenvalue weighted by molar-refractivity contribution is -0.138. The van der Waals surface area contributed by atoms with Crippen LogP contribution in [0.25, 0.3) is 0 Å². The van der Waals surface area contributed by atoms with Gasteiger partial charge >= 0.3 is 5.69 Å². The Hall–Kier alpha value is -1.89. The summed E-state index contributed by atoms with van der Waals surface area (Å²) in [5, 5.41) is 6.15. The molecular formula is C15H22N4O3. The summed E-state index contributed by atoms with van der Waals surface area (Å²) >= 11 is 0. The summed E-state index contributed by atoms with van der Waals surface area (Å²) in [5.41, 5.74) is -0.749. The van der Waals surface area contributed by atoms with Gasteiger partial charge < -0.3 is 10.6 Å². The van der Waals surface area contributed by atoms with E-state index in [0.717, 1.165) is 19.4 Å². The standard InChI is InChI=1S/C15H22N4O3/c1-9(2)19-7-10(12(20)18-14(19)22)5-17-13(21)15-4-3-11(15)6-16-8-15/h7,9,11,16H,3-6,8H2,1-2H3,(H,17,21)(H,18,20,22)/t11-,15-/m0/s1. The van der Waals surface area contributed by atoms with Gasteiger partial charge in [0.15, 0.2) is 0 Å². The quantitative estimate of drug-likeness (QED) is 0.714. The van der Waals surface area contributed by atoms with Gasteiger partial charge in [0.2, 0.25) is 5.91 Å². The average Bonchev–Trinajstić information content (AvgIpc) is 2.73. The summed E-state index contributed by atoms with van der Waals surface area (Å²) < 4.78 is 1.46. The van der Waals surface area contributed by atoms with Crippen LogP contribution in [0.1, 0.15) is 38.3 Å². The summed E-state index contributed by atoms with van der Waals surface area (Å²) in [6.07, 6.45) is 3.52. The fourth-order valence-corrected chi connectivity index (χ4v) is 3.46. The molecular weight excluding hydrogens is 284 g/mol. The van der Waals surface area contributed by atoms with Gasteiger partial charge in [-0.3, -0.25) is 19.1 Å². The molecule has 2 heterocycles. The van der Waals surface area contributed by atoms with E-state index in [1.807, 2.05) is 13.8 Å². The van der Waals surface area contributed by atoms with E-state index in [9.17, 15) is 14.4 Å². The van der Waals surface area contributed by atoms with Gasteiger partial charge in [-0.1, -0.05) is 0 Å². The lowest BCUT2D eigenvalue weighted by atomic mass is 9.61. The molecule has 22 heavy (non-hydrogen) atoms. The van der Waals surface area contributed by atoms with Gasteiger partial charge in [0.1, 0.15) is 0 Å². The summed E-state index contributed by atoms with van der Waals surface area (Å²) in [7, 11) is 0. The normalized spacial score (nSPS) is 26.6. The molecule has 1 saturated heterocycles. The molecule has 1 aliphatic heterocycles. The van der Waals surface area contributed by atoms with Crippen LogP contribution in [-0.4, -0.2) is 28.5 Å². The lowest BCUT2D eigenvalue weighted by Crippen LogP contribution is -2.52. The van der Waals surface area contributed by atoms with E-state index in [1.165, 1.54) is 10.8 Å². The van der Waals surface area contributed by atoms with Crippen molar-refractivity contribution in [2.45, 2.75) is 39.3 Å². The van der Waals surface area contributed by atoms with Crippen molar-refractivity contribution in [3.8, 4) is 0 Å². The number of carbonyl (C=O) groups is 1. The van der Waals surface area contributed by atoms with Crippen LogP contribution in [0.3, 0.4) is 0 Å². The Morgan fingerprint density at radius 2 is 2.27 bits per heavy atom. The minimum Gasteiger partial charge on any atom is -0.351 e. The second-order valence-corrected chi connectivity index (χ2v) is 6.62. The van der Waals surface area contributed by atoms with Crippen LogP contribution in [0.15, 0.2) is 15.8 Å². The maximum atomic E-state index is 12.5. The van der Waals surface area contributed by atoms with E-state index in [1.54, 1.807) is 0 Å². The van der Waals surface area contributed by atoms with Gasteiger partial charge in [-0.2, -0.15) is 0 Å². The molecule has 7 nitrogen and oxygen atoms in total. The fourth-order valence-electron chi connectivity index (χ4n) is 3.46. The van der Waals surface area contributed by atoms with Crippen LogP contribution in [0, 0.1) is 11.3 Å². The van der Waals surface area contributed by atoms with Crippen LogP contribution in [0.2, 0.25) is 0 Å². The molecule has 2 atom stereocenters. The zero-order chi connectivity index (χ0) is 15.9. The Morgan fingerprint density at radius 3 is 2.86 bits per heavy atom. The van der Waals surface area contributed by atoms with E-state index < -0.39 is 11.2 Å². The molecule has 2 aliphatic rings. The van der Waals surface area contributed by atoms with Crippen LogP contribution >= 0.6 is 0 Å². The molecule has 1 saturated carbocycles. The molecule has 0 radical (unpaired) electrons. The van der Waals surface area contributed by atoms with Crippen molar-refractivity contribution in [2.24, 2.45) is 11.3 Å². The SMILES string of the molecule is CC(C)n1cc(CNC(=O)[C@]23CC[C@H]2CNC3)c(=O)[nH]c1=O. The monoisotopic (exact) mass is 306 g/mol. The van der Waals surface area contributed by atoms with Crippen LogP contribution < -0.4 is 21.9 Å². The number of aromatic amines is 1. The summed E-state index contributed by atoms with van der Waals surface area (Å²) in [5.74, 6) is 0.422. The highest BCUT2D eigenvalue weighted by Crippen LogP contribution is 2.49. The van der Waals surface area contributed by atoms with Gasteiger partial charge in [-0.15, -0.1) is 0 Å².